The molecule has 1 aliphatic heterocycles. The standard InChI is InChI=1S/C20H18N4O3S/c25-18-16-7-6-15(10-14(16)8-9-21-18)27-12-17-23-24-20(28-17)19(26)22-11-13-4-2-1-3-5-13/h1-7,10H,8-9,11-12H2,(H,21,25)(H,22,26). The van der Waals surface area contributed by atoms with E-state index in [4.69, 9.17) is 4.74 Å². The number of hydrogen-bond donors (Lipinski definition) is 2. The van der Waals surface area contributed by atoms with Crippen molar-refractivity contribution in [1.29, 1.82) is 0 Å². The third kappa shape index (κ3) is 4.17. The summed E-state index contributed by atoms with van der Waals surface area (Å²) >= 11 is 1.20. The summed E-state index contributed by atoms with van der Waals surface area (Å²) in [6.07, 6.45) is 0.781. The van der Waals surface area contributed by atoms with Gasteiger partial charge in [-0.05, 0) is 35.7 Å². The van der Waals surface area contributed by atoms with Crippen LogP contribution in [0.4, 0.5) is 0 Å². The Labute approximate surface area is 165 Å². The molecule has 2 aromatic carbocycles. The van der Waals surface area contributed by atoms with Gasteiger partial charge in [-0.1, -0.05) is 41.7 Å². The van der Waals surface area contributed by atoms with Crippen LogP contribution in [0.15, 0.2) is 48.5 Å². The van der Waals surface area contributed by atoms with E-state index in [1.807, 2.05) is 36.4 Å². The van der Waals surface area contributed by atoms with Crippen LogP contribution in [-0.4, -0.2) is 28.6 Å². The Morgan fingerprint density at radius 1 is 1.18 bits per heavy atom. The van der Waals surface area contributed by atoms with Crippen LogP contribution < -0.4 is 15.4 Å². The summed E-state index contributed by atoms with van der Waals surface area (Å²) in [5, 5.41) is 14.5. The van der Waals surface area contributed by atoms with Crippen LogP contribution in [0.2, 0.25) is 0 Å². The van der Waals surface area contributed by atoms with Gasteiger partial charge in [-0.15, -0.1) is 10.2 Å². The number of aromatic nitrogens is 2. The van der Waals surface area contributed by atoms with Gasteiger partial charge in [0, 0.05) is 18.7 Å². The first kappa shape index (κ1) is 18.1. The lowest BCUT2D eigenvalue weighted by Gasteiger charge is -2.17. The van der Waals surface area contributed by atoms with Gasteiger partial charge in [0.15, 0.2) is 5.01 Å². The molecule has 4 rings (SSSR count). The number of ether oxygens (including phenoxy) is 1. The largest absolute Gasteiger partial charge is 0.486 e. The Bertz CT molecular complexity index is 1000. The molecule has 0 fully saturated rings. The molecule has 0 aliphatic carbocycles. The molecule has 0 spiro atoms. The molecule has 0 atom stereocenters. The van der Waals surface area contributed by atoms with Crippen molar-refractivity contribution in [2.24, 2.45) is 0 Å². The number of benzene rings is 2. The number of fused-ring (bicyclic) bond motifs is 1. The zero-order valence-corrected chi connectivity index (χ0v) is 15.8. The molecule has 2 heterocycles. The second kappa shape index (κ2) is 8.18. The van der Waals surface area contributed by atoms with E-state index in [-0.39, 0.29) is 18.4 Å². The first-order valence-corrected chi connectivity index (χ1v) is 9.69. The van der Waals surface area contributed by atoms with Gasteiger partial charge in [0.05, 0.1) is 0 Å². The number of carbonyl (C=O) groups excluding carboxylic acids is 2. The molecule has 28 heavy (non-hydrogen) atoms. The van der Waals surface area contributed by atoms with Crippen molar-refractivity contribution in [2.45, 2.75) is 19.6 Å². The smallest absolute Gasteiger partial charge is 0.282 e. The van der Waals surface area contributed by atoms with Crippen LogP contribution in [0.3, 0.4) is 0 Å². The van der Waals surface area contributed by atoms with Gasteiger partial charge >= 0.3 is 0 Å². The highest BCUT2D eigenvalue weighted by atomic mass is 32.1. The van der Waals surface area contributed by atoms with Crippen LogP contribution in [0.25, 0.3) is 0 Å². The first-order valence-electron chi connectivity index (χ1n) is 8.87. The maximum atomic E-state index is 12.2. The fourth-order valence-corrected chi connectivity index (χ4v) is 3.57. The van der Waals surface area contributed by atoms with Crippen LogP contribution in [0, 0.1) is 0 Å². The molecular weight excluding hydrogens is 376 g/mol. The van der Waals surface area contributed by atoms with Crippen LogP contribution in [0.5, 0.6) is 5.75 Å². The van der Waals surface area contributed by atoms with Gasteiger partial charge in [0.25, 0.3) is 11.8 Å². The van der Waals surface area contributed by atoms with Gasteiger partial charge < -0.3 is 15.4 Å². The lowest BCUT2D eigenvalue weighted by molar-refractivity contribution is 0.0939. The minimum absolute atomic E-state index is 0.0527. The lowest BCUT2D eigenvalue weighted by Crippen LogP contribution is -2.31. The zero-order valence-electron chi connectivity index (χ0n) is 15.0. The Hall–Kier alpha value is -3.26. The van der Waals surface area contributed by atoms with Crippen LogP contribution in [0.1, 0.15) is 36.3 Å². The molecule has 0 radical (unpaired) electrons. The van der Waals surface area contributed by atoms with Crippen molar-refractivity contribution in [3.05, 3.63) is 75.2 Å². The number of nitrogens with one attached hydrogen (secondary N) is 2. The molecule has 2 amide bonds. The summed E-state index contributed by atoms with van der Waals surface area (Å²) in [5.74, 6) is 0.356. The van der Waals surface area contributed by atoms with E-state index in [0.717, 1.165) is 17.5 Å². The molecule has 0 saturated heterocycles. The summed E-state index contributed by atoms with van der Waals surface area (Å²) in [4.78, 5) is 24.0. The van der Waals surface area contributed by atoms with Gasteiger partial charge in [-0.2, -0.15) is 0 Å². The van der Waals surface area contributed by atoms with E-state index in [1.54, 1.807) is 12.1 Å². The van der Waals surface area contributed by atoms with Gasteiger partial charge in [0.2, 0.25) is 5.01 Å². The SMILES string of the molecule is O=C(NCc1ccccc1)c1nnc(COc2ccc3c(c2)CCNC3=O)s1. The molecular formula is C20H18N4O3S. The maximum absolute atomic E-state index is 12.2. The fraction of sp³-hybridized carbons (Fsp3) is 0.200. The zero-order chi connectivity index (χ0) is 19.3. The number of hydrogen-bond acceptors (Lipinski definition) is 6. The highest BCUT2D eigenvalue weighted by molar-refractivity contribution is 7.13. The molecule has 0 bridgehead atoms. The Kier molecular flexibility index (Phi) is 5.29. The van der Waals surface area contributed by atoms with E-state index >= 15 is 0 Å². The van der Waals surface area contributed by atoms with Gasteiger partial charge in [-0.3, -0.25) is 9.59 Å². The predicted molar refractivity (Wildman–Crippen MR) is 104 cm³/mol. The van der Waals surface area contributed by atoms with Crippen molar-refractivity contribution in [3.63, 3.8) is 0 Å². The van der Waals surface area contributed by atoms with Crippen LogP contribution in [-0.2, 0) is 19.6 Å². The van der Waals surface area contributed by atoms with Crippen molar-refractivity contribution >= 4 is 23.2 Å². The van der Waals surface area contributed by atoms with E-state index < -0.39 is 0 Å². The number of rotatable bonds is 6. The second-order valence-electron chi connectivity index (χ2n) is 6.28. The number of carbonyl (C=O) groups is 2. The summed E-state index contributed by atoms with van der Waals surface area (Å²) in [6.45, 7) is 1.29. The van der Waals surface area contributed by atoms with E-state index in [9.17, 15) is 9.59 Å². The molecule has 0 unspecified atom stereocenters. The third-order valence-corrected chi connectivity index (χ3v) is 5.22. The van der Waals surface area contributed by atoms with Crippen molar-refractivity contribution < 1.29 is 14.3 Å². The maximum Gasteiger partial charge on any atom is 0.282 e. The summed E-state index contributed by atoms with van der Waals surface area (Å²) in [6, 6.07) is 15.1. The second-order valence-corrected chi connectivity index (χ2v) is 7.34. The summed E-state index contributed by atoms with van der Waals surface area (Å²) in [5.41, 5.74) is 2.68. The number of nitrogens with zero attached hydrogens (tertiary/aromatic N) is 2. The monoisotopic (exact) mass is 394 g/mol. The topological polar surface area (TPSA) is 93.2 Å². The van der Waals surface area contributed by atoms with E-state index in [1.165, 1.54) is 11.3 Å². The van der Waals surface area contributed by atoms with E-state index in [0.29, 0.717) is 34.4 Å². The summed E-state index contributed by atoms with van der Waals surface area (Å²) in [7, 11) is 0. The molecule has 2 N–H and O–H groups in total. The molecule has 7 nitrogen and oxygen atoms in total. The minimum atomic E-state index is -0.257. The molecule has 142 valence electrons. The van der Waals surface area contributed by atoms with Gasteiger partial charge in [0.1, 0.15) is 12.4 Å². The average Bonchev–Trinajstić information content (AvgIpc) is 3.20. The molecule has 3 aromatic rings. The summed E-state index contributed by atoms with van der Waals surface area (Å²) < 4.78 is 5.76. The molecule has 8 heteroatoms. The molecule has 1 aromatic heterocycles. The number of amides is 2. The average molecular weight is 394 g/mol. The van der Waals surface area contributed by atoms with Crippen molar-refractivity contribution in [3.8, 4) is 5.75 Å². The fourth-order valence-electron chi connectivity index (χ4n) is 2.90. The normalized spacial score (nSPS) is 12.8. The van der Waals surface area contributed by atoms with Crippen molar-refractivity contribution in [1.82, 2.24) is 20.8 Å². The van der Waals surface area contributed by atoms with Crippen LogP contribution >= 0.6 is 11.3 Å². The Morgan fingerprint density at radius 2 is 2.04 bits per heavy atom. The van der Waals surface area contributed by atoms with Crippen molar-refractivity contribution in [2.75, 3.05) is 6.54 Å². The minimum Gasteiger partial charge on any atom is -0.486 e. The molecule has 0 saturated carbocycles. The molecule has 1 aliphatic rings. The third-order valence-electron chi connectivity index (χ3n) is 4.32. The Morgan fingerprint density at radius 3 is 2.89 bits per heavy atom. The Balaban J connectivity index is 1.33. The van der Waals surface area contributed by atoms with E-state index in [2.05, 4.69) is 20.8 Å². The highest BCUT2D eigenvalue weighted by Crippen LogP contribution is 2.22. The predicted octanol–water partition coefficient (Wildman–Crippen LogP) is 2.33. The van der Waals surface area contributed by atoms with Gasteiger partial charge in [-0.25, -0.2) is 0 Å². The lowest BCUT2D eigenvalue weighted by atomic mass is 10.0. The highest BCUT2D eigenvalue weighted by Gasteiger charge is 2.17. The quantitative estimate of drug-likeness (QED) is 0.669. The first-order chi connectivity index (χ1) is 13.7.